The van der Waals surface area contributed by atoms with Crippen molar-refractivity contribution in [2.24, 2.45) is 5.73 Å². The first-order chi connectivity index (χ1) is 13.5. The molecule has 28 heavy (non-hydrogen) atoms. The van der Waals surface area contributed by atoms with Gasteiger partial charge in [0.25, 0.3) is 5.24 Å². The number of nitriles is 1. The number of rotatable bonds is 5. The Morgan fingerprint density at radius 2 is 1.82 bits per heavy atom. The first kappa shape index (κ1) is 19.2. The maximum absolute atomic E-state index is 11.1. The predicted octanol–water partition coefficient (Wildman–Crippen LogP) is 5.16. The van der Waals surface area contributed by atoms with Crippen molar-refractivity contribution in [1.29, 1.82) is 5.26 Å². The van der Waals surface area contributed by atoms with Gasteiger partial charge in [0.05, 0.1) is 16.5 Å². The number of aldehydes is 1. The number of thioether (sulfide) groups is 1. The molecule has 0 spiro atoms. The van der Waals surface area contributed by atoms with E-state index in [2.05, 4.69) is 6.07 Å². The van der Waals surface area contributed by atoms with E-state index in [-0.39, 0.29) is 4.91 Å². The Morgan fingerprint density at radius 3 is 2.46 bits per heavy atom. The van der Waals surface area contributed by atoms with E-state index in [0.717, 1.165) is 21.9 Å². The summed E-state index contributed by atoms with van der Waals surface area (Å²) in [7, 11) is 0. The minimum absolute atomic E-state index is 0.235. The van der Waals surface area contributed by atoms with Crippen LogP contribution in [0.4, 0.5) is 4.79 Å². The first-order valence-corrected chi connectivity index (χ1v) is 9.18. The molecule has 3 aromatic carbocycles. The van der Waals surface area contributed by atoms with Crippen LogP contribution in [0, 0.1) is 18.3 Å². The molecule has 0 radical (unpaired) electrons. The van der Waals surface area contributed by atoms with Crippen LogP contribution in [-0.2, 0) is 4.79 Å². The third kappa shape index (κ3) is 4.22. The molecular formula is C22H16N2O3S. The standard InChI is InChI=1S/C22H16N2O3S/c1-14-10-15(11-17(13-25)28-22(24)26)6-8-20(14)27-21-9-7-16(12-23)18-4-2-3-5-19(18)21/h2-11,13H,1H3,(H2,24,26)/b17-11-. The van der Waals surface area contributed by atoms with Gasteiger partial charge >= 0.3 is 0 Å². The lowest BCUT2D eigenvalue weighted by Gasteiger charge is -2.12. The van der Waals surface area contributed by atoms with Gasteiger partial charge in [0.2, 0.25) is 0 Å². The van der Waals surface area contributed by atoms with Crippen LogP contribution < -0.4 is 10.5 Å². The van der Waals surface area contributed by atoms with Gasteiger partial charge in [-0.2, -0.15) is 5.26 Å². The zero-order valence-corrected chi connectivity index (χ0v) is 15.8. The topological polar surface area (TPSA) is 93.2 Å². The number of carbonyl (C=O) groups excluding carboxylic acids is 2. The number of hydrogen-bond donors (Lipinski definition) is 1. The molecule has 5 nitrogen and oxygen atoms in total. The number of ether oxygens (including phenoxy) is 1. The number of benzene rings is 3. The van der Waals surface area contributed by atoms with E-state index in [4.69, 9.17) is 10.5 Å². The normalized spacial score (nSPS) is 11.1. The largest absolute Gasteiger partial charge is 0.456 e. The number of nitrogens with two attached hydrogens (primary N) is 1. The molecular weight excluding hydrogens is 372 g/mol. The highest BCUT2D eigenvalue weighted by molar-refractivity contribution is 8.17. The minimum Gasteiger partial charge on any atom is -0.456 e. The molecule has 0 saturated carbocycles. The summed E-state index contributed by atoms with van der Waals surface area (Å²) in [6.07, 6.45) is 2.19. The van der Waals surface area contributed by atoms with Crippen molar-refractivity contribution in [2.45, 2.75) is 6.92 Å². The van der Waals surface area contributed by atoms with Gasteiger partial charge in [-0.15, -0.1) is 0 Å². The number of aryl methyl sites for hydroxylation is 1. The minimum atomic E-state index is -0.636. The van der Waals surface area contributed by atoms with Crippen molar-refractivity contribution in [3.8, 4) is 17.6 Å². The average Bonchev–Trinajstić information content (AvgIpc) is 2.69. The van der Waals surface area contributed by atoms with Crippen molar-refractivity contribution in [3.63, 3.8) is 0 Å². The second kappa shape index (κ2) is 8.42. The molecule has 0 bridgehead atoms. The lowest BCUT2D eigenvalue weighted by atomic mass is 10.0. The number of hydrogen-bond acceptors (Lipinski definition) is 5. The molecule has 0 atom stereocenters. The molecule has 0 heterocycles. The maximum atomic E-state index is 11.1. The van der Waals surface area contributed by atoms with E-state index < -0.39 is 5.24 Å². The number of carbonyl (C=O) groups is 2. The zero-order valence-electron chi connectivity index (χ0n) is 15.0. The van der Waals surface area contributed by atoms with E-state index in [9.17, 15) is 14.9 Å². The lowest BCUT2D eigenvalue weighted by molar-refractivity contribution is -0.104. The van der Waals surface area contributed by atoms with Crippen molar-refractivity contribution >= 4 is 40.1 Å². The van der Waals surface area contributed by atoms with Crippen molar-refractivity contribution < 1.29 is 14.3 Å². The highest BCUT2D eigenvalue weighted by Gasteiger charge is 2.09. The molecule has 138 valence electrons. The molecule has 3 aromatic rings. The molecule has 6 heteroatoms. The Balaban J connectivity index is 1.94. The quantitative estimate of drug-likeness (QED) is 0.481. The number of fused-ring (bicyclic) bond motifs is 1. The number of nitrogens with zero attached hydrogens (tertiary/aromatic N) is 1. The molecule has 3 rings (SSSR count). The van der Waals surface area contributed by atoms with Gasteiger partial charge in [0, 0.05) is 10.8 Å². The van der Waals surface area contributed by atoms with Gasteiger partial charge in [-0.1, -0.05) is 30.3 Å². The SMILES string of the molecule is Cc1cc(/C=C(/C=O)SC(N)=O)ccc1Oc1ccc(C#N)c2ccccc12. The molecule has 0 saturated heterocycles. The summed E-state index contributed by atoms with van der Waals surface area (Å²) in [5.74, 6) is 1.31. The molecule has 0 fully saturated rings. The highest BCUT2D eigenvalue weighted by atomic mass is 32.2. The lowest BCUT2D eigenvalue weighted by Crippen LogP contribution is -2.02. The number of primary amides is 1. The Kier molecular flexibility index (Phi) is 5.78. The molecule has 0 aliphatic carbocycles. The monoisotopic (exact) mass is 388 g/mol. The van der Waals surface area contributed by atoms with Crippen LogP contribution in [0.1, 0.15) is 16.7 Å². The molecule has 2 N–H and O–H groups in total. The molecule has 0 aliphatic heterocycles. The van der Waals surface area contributed by atoms with Crippen LogP contribution in [0.2, 0.25) is 0 Å². The van der Waals surface area contributed by atoms with Gasteiger partial charge in [-0.05, 0) is 60.2 Å². The smallest absolute Gasteiger partial charge is 0.281 e. The zero-order chi connectivity index (χ0) is 20.1. The van der Waals surface area contributed by atoms with Crippen LogP contribution in [0.3, 0.4) is 0 Å². The van der Waals surface area contributed by atoms with Gasteiger partial charge in [-0.25, -0.2) is 0 Å². The van der Waals surface area contributed by atoms with Gasteiger partial charge < -0.3 is 10.5 Å². The second-order valence-corrected chi connectivity index (χ2v) is 7.06. The summed E-state index contributed by atoms with van der Waals surface area (Å²) < 4.78 is 6.09. The van der Waals surface area contributed by atoms with Gasteiger partial charge in [0.15, 0.2) is 6.29 Å². The van der Waals surface area contributed by atoms with Crippen molar-refractivity contribution in [3.05, 3.63) is 76.2 Å². The van der Waals surface area contributed by atoms with E-state index in [1.807, 2.05) is 37.3 Å². The number of amides is 1. The fourth-order valence-corrected chi connectivity index (χ4v) is 3.30. The Labute approximate surface area is 166 Å². The van der Waals surface area contributed by atoms with Gasteiger partial charge in [0.1, 0.15) is 11.5 Å². The predicted molar refractivity (Wildman–Crippen MR) is 111 cm³/mol. The van der Waals surface area contributed by atoms with E-state index in [1.54, 1.807) is 30.3 Å². The molecule has 0 unspecified atom stereocenters. The molecule has 1 amide bonds. The van der Waals surface area contributed by atoms with Crippen molar-refractivity contribution in [2.75, 3.05) is 0 Å². The summed E-state index contributed by atoms with van der Waals surface area (Å²) in [4.78, 5) is 22.3. The van der Waals surface area contributed by atoms with Crippen LogP contribution in [0.15, 0.2) is 59.5 Å². The third-order valence-corrected chi connectivity index (χ3v) is 4.72. The third-order valence-electron chi connectivity index (χ3n) is 4.07. The summed E-state index contributed by atoms with van der Waals surface area (Å²) in [6, 6.07) is 18.7. The summed E-state index contributed by atoms with van der Waals surface area (Å²) in [5.41, 5.74) is 7.32. The first-order valence-electron chi connectivity index (χ1n) is 8.36. The summed E-state index contributed by atoms with van der Waals surface area (Å²) >= 11 is 0.686. The van der Waals surface area contributed by atoms with E-state index >= 15 is 0 Å². The Morgan fingerprint density at radius 1 is 1.11 bits per heavy atom. The Bertz CT molecular complexity index is 1150. The highest BCUT2D eigenvalue weighted by Crippen LogP contribution is 2.33. The van der Waals surface area contributed by atoms with Crippen LogP contribution in [0.25, 0.3) is 16.8 Å². The fourth-order valence-electron chi connectivity index (χ4n) is 2.82. The van der Waals surface area contributed by atoms with Crippen LogP contribution in [-0.4, -0.2) is 11.5 Å². The summed E-state index contributed by atoms with van der Waals surface area (Å²) in [5, 5.41) is 10.3. The second-order valence-electron chi connectivity index (χ2n) is 5.98. The van der Waals surface area contributed by atoms with E-state index in [0.29, 0.717) is 35.1 Å². The molecule has 0 aromatic heterocycles. The van der Waals surface area contributed by atoms with Crippen LogP contribution >= 0.6 is 11.8 Å². The maximum Gasteiger partial charge on any atom is 0.281 e. The summed E-state index contributed by atoms with van der Waals surface area (Å²) in [6.45, 7) is 1.89. The van der Waals surface area contributed by atoms with Crippen molar-refractivity contribution in [1.82, 2.24) is 0 Å². The number of allylic oxidation sites excluding steroid dienone is 1. The van der Waals surface area contributed by atoms with E-state index in [1.165, 1.54) is 0 Å². The molecule has 0 aliphatic rings. The van der Waals surface area contributed by atoms with Crippen LogP contribution in [0.5, 0.6) is 11.5 Å². The fraction of sp³-hybridized carbons (Fsp3) is 0.0455. The van der Waals surface area contributed by atoms with Gasteiger partial charge in [-0.3, -0.25) is 9.59 Å². The average molecular weight is 388 g/mol. The Hall–Kier alpha value is -3.56.